The number of thiophene rings is 1. The van der Waals surface area contributed by atoms with E-state index in [9.17, 15) is 13.2 Å². The fourth-order valence-electron chi connectivity index (χ4n) is 3.32. The summed E-state index contributed by atoms with van der Waals surface area (Å²) in [5.74, 6) is 0.873. The largest absolute Gasteiger partial charge is 0.469 e. The number of nitrogens with one attached hydrogen (secondary N) is 1. The van der Waals surface area contributed by atoms with Crippen molar-refractivity contribution >= 4 is 38.9 Å². The molecule has 0 aromatic carbocycles. The monoisotopic (exact) mass is 430 g/mol. The van der Waals surface area contributed by atoms with E-state index in [1.54, 1.807) is 18.4 Å². The Balaban J connectivity index is 1.48. The molecule has 0 bridgehead atoms. The van der Waals surface area contributed by atoms with Gasteiger partial charge in [-0.15, -0.1) is 11.3 Å². The molecule has 1 N–H and O–H groups in total. The Bertz CT molecular complexity index is 856. The van der Waals surface area contributed by atoms with Gasteiger partial charge in [-0.1, -0.05) is 18.5 Å². The number of halogens is 1. The normalized spacial score (nSPS) is 17.7. The number of amides is 1. The van der Waals surface area contributed by atoms with Crippen molar-refractivity contribution in [1.29, 1.82) is 0 Å². The number of carbonyl (C=O) groups is 1. The van der Waals surface area contributed by atoms with Gasteiger partial charge in [0.25, 0.3) is 10.0 Å². The smallest absolute Gasteiger partial charge is 0.252 e. The van der Waals surface area contributed by atoms with Crippen LogP contribution < -0.4 is 5.32 Å². The molecule has 27 heavy (non-hydrogen) atoms. The highest BCUT2D eigenvalue weighted by Crippen LogP contribution is 2.32. The molecule has 1 fully saturated rings. The summed E-state index contributed by atoms with van der Waals surface area (Å²) in [6, 6.07) is 6.85. The van der Waals surface area contributed by atoms with Gasteiger partial charge in [0.15, 0.2) is 0 Å². The minimum Gasteiger partial charge on any atom is -0.469 e. The molecule has 1 aliphatic heterocycles. The van der Waals surface area contributed by atoms with Crippen LogP contribution in [-0.2, 0) is 21.2 Å². The van der Waals surface area contributed by atoms with Gasteiger partial charge >= 0.3 is 0 Å². The molecular weight excluding hydrogens is 408 g/mol. The minimum atomic E-state index is -3.49. The Morgan fingerprint density at radius 2 is 2.11 bits per heavy atom. The molecule has 148 valence electrons. The van der Waals surface area contributed by atoms with Crippen LogP contribution in [0.15, 0.2) is 39.2 Å². The summed E-state index contributed by atoms with van der Waals surface area (Å²) >= 11 is 6.94. The molecule has 0 radical (unpaired) electrons. The average Bonchev–Trinajstić information content (AvgIpc) is 3.33. The lowest BCUT2D eigenvalue weighted by Gasteiger charge is -2.33. The van der Waals surface area contributed by atoms with Crippen LogP contribution in [0, 0.1) is 11.8 Å². The number of nitrogens with zero attached hydrogens (tertiary/aromatic N) is 1. The summed E-state index contributed by atoms with van der Waals surface area (Å²) in [6.07, 6.45) is 3.62. The number of hydrogen-bond donors (Lipinski definition) is 1. The fourth-order valence-corrected chi connectivity index (χ4v) is 6.43. The van der Waals surface area contributed by atoms with Gasteiger partial charge in [0.05, 0.1) is 10.6 Å². The molecule has 1 unspecified atom stereocenters. The van der Waals surface area contributed by atoms with Crippen molar-refractivity contribution in [3.8, 4) is 0 Å². The maximum absolute atomic E-state index is 12.7. The standard InChI is InChI=1S/C18H23ClN2O4S2/c1-13(18(22)20-9-6-15-3-2-12-25-15)14-7-10-21(11-8-14)27(23,24)17-5-4-16(19)26-17/h2-5,12-14H,6-11H2,1H3,(H,20,22). The lowest BCUT2D eigenvalue weighted by atomic mass is 9.85. The van der Waals surface area contributed by atoms with E-state index >= 15 is 0 Å². The van der Waals surface area contributed by atoms with Crippen LogP contribution in [0.5, 0.6) is 0 Å². The van der Waals surface area contributed by atoms with Crippen molar-refractivity contribution in [1.82, 2.24) is 9.62 Å². The van der Waals surface area contributed by atoms with Crippen molar-refractivity contribution in [3.63, 3.8) is 0 Å². The second-order valence-corrected chi connectivity index (χ2v) is 10.6. The quantitative estimate of drug-likeness (QED) is 0.730. The topological polar surface area (TPSA) is 79.6 Å². The van der Waals surface area contributed by atoms with Gasteiger partial charge < -0.3 is 9.73 Å². The van der Waals surface area contributed by atoms with Gasteiger partial charge in [0.2, 0.25) is 5.91 Å². The van der Waals surface area contributed by atoms with Crippen molar-refractivity contribution in [2.75, 3.05) is 19.6 Å². The molecule has 0 spiro atoms. The Morgan fingerprint density at radius 3 is 2.70 bits per heavy atom. The average molecular weight is 431 g/mol. The maximum atomic E-state index is 12.7. The molecular formula is C18H23ClN2O4S2. The number of rotatable bonds is 7. The summed E-state index contributed by atoms with van der Waals surface area (Å²) in [5.41, 5.74) is 0. The minimum absolute atomic E-state index is 0.00732. The molecule has 6 nitrogen and oxygen atoms in total. The number of sulfonamides is 1. The SMILES string of the molecule is CC(C(=O)NCCc1ccco1)C1CCN(S(=O)(=O)c2ccc(Cl)s2)CC1. The molecule has 1 atom stereocenters. The Hall–Kier alpha value is -1.35. The highest BCUT2D eigenvalue weighted by Gasteiger charge is 2.34. The third kappa shape index (κ3) is 4.93. The van der Waals surface area contributed by atoms with Gasteiger partial charge in [0.1, 0.15) is 9.97 Å². The van der Waals surface area contributed by atoms with E-state index in [2.05, 4.69) is 5.32 Å². The van der Waals surface area contributed by atoms with Crippen LogP contribution in [0.2, 0.25) is 4.34 Å². The third-order valence-electron chi connectivity index (χ3n) is 5.01. The number of piperidine rings is 1. The highest BCUT2D eigenvalue weighted by molar-refractivity contribution is 7.91. The molecule has 3 heterocycles. The molecule has 2 aromatic rings. The van der Waals surface area contributed by atoms with Gasteiger partial charge in [-0.05, 0) is 43.0 Å². The van der Waals surface area contributed by atoms with E-state index in [-0.39, 0.29) is 22.0 Å². The summed E-state index contributed by atoms with van der Waals surface area (Å²) < 4.78 is 32.8. The molecule has 0 aliphatic carbocycles. The van der Waals surface area contributed by atoms with Gasteiger partial charge in [-0.2, -0.15) is 4.31 Å². The van der Waals surface area contributed by atoms with Crippen molar-refractivity contribution < 1.29 is 17.6 Å². The van der Waals surface area contributed by atoms with Crippen molar-refractivity contribution in [2.24, 2.45) is 11.8 Å². The summed E-state index contributed by atoms with van der Waals surface area (Å²) in [4.78, 5) is 12.4. The first kappa shape index (κ1) is 20.4. The Labute approximate surface area is 168 Å². The van der Waals surface area contributed by atoms with E-state index in [1.165, 1.54) is 4.31 Å². The van der Waals surface area contributed by atoms with Crippen LogP contribution in [0.3, 0.4) is 0 Å². The van der Waals surface area contributed by atoms with Crippen LogP contribution >= 0.6 is 22.9 Å². The number of hydrogen-bond acceptors (Lipinski definition) is 5. The van der Waals surface area contributed by atoms with E-state index in [1.807, 2.05) is 19.1 Å². The van der Waals surface area contributed by atoms with Crippen LogP contribution in [0.25, 0.3) is 0 Å². The molecule has 1 aliphatic rings. The molecule has 2 aromatic heterocycles. The second kappa shape index (κ2) is 8.77. The molecule has 9 heteroatoms. The van der Waals surface area contributed by atoms with Crippen molar-refractivity contribution in [2.45, 2.75) is 30.4 Å². The van der Waals surface area contributed by atoms with E-state index in [0.717, 1.165) is 17.1 Å². The molecule has 1 saturated heterocycles. The second-order valence-electron chi connectivity index (χ2n) is 6.71. The lowest BCUT2D eigenvalue weighted by Crippen LogP contribution is -2.42. The molecule has 1 amide bonds. The maximum Gasteiger partial charge on any atom is 0.252 e. The fraction of sp³-hybridized carbons (Fsp3) is 0.500. The summed E-state index contributed by atoms with van der Waals surface area (Å²) in [7, 11) is -3.49. The zero-order valence-corrected chi connectivity index (χ0v) is 17.4. The number of carbonyl (C=O) groups excluding carboxylic acids is 1. The molecule has 0 saturated carbocycles. The molecule has 3 rings (SSSR count). The van der Waals surface area contributed by atoms with E-state index < -0.39 is 10.0 Å². The zero-order valence-electron chi connectivity index (χ0n) is 15.1. The lowest BCUT2D eigenvalue weighted by molar-refractivity contribution is -0.126. The zero-order chi connectivity index (χ0) is 19.4. The highest BCUT2D eigenvalue weighted by atomic mass is 35.5. The van der Waals surface area contributed by atoms with Crippen LogP contribution in [-0.4, -0.2) is 38.3 Å². The van der Waals surface area contributed by atoms with Crippen LogP contribution in [0.1, 0.15) is 25.5 Å². The van der Waals surface area contributed by atoms with Crippen LogP contribution in [0.4, 0.5) is 0 Å². The van der Waals surface area contributed by atoms with Gasteiger partial charge in [-0.3, -0.25) is 4.79 Å². The number of furan rings is 1. The van der Waals surface area contributed by atoms with E-state index in [4.69, 9.17) is 16.0 Å². The Kier molecular flexibility index (Phi) is 6.62. The summed E-state index contributed by atoms with van der Waals surface area (Å²) in [6.45, 7) is 3.29. The Morgan fingerprint density at radius 1 is 1.37 bits per heavy atom. The first-order valence-corrected chi connectivity index (χ1v) is 11.6. The van der Waals surface area contributed by atoms with Gasteiger partial charge in [-0.25, -0.2) is 8.42 Å². The predicted octanol–water partition coefficient (Wildman–Crippen LogP) is 3.39. The van der Waals surface area contributed by atoms with Gasteiger partial charge in [0, 0.05) is 32.0 Å². The van der Waals surface area contributed by atoms with E-state index in [0.29, 0.717) is 43.2 Å². The first-order chi connectivity index (χ1) is 12.9. The third-order valence-corrected chi connectivity index (χ3v) is 8.61. The van der Waals surface area contributed by atoms with Crippen molar-refractivity contribution in [3.05, 3.63) is 40.6 Å². The summed E-state index contributed by atoms with van der Waals surface area (Å²) in [5, 5.41) is 2.94. The predicted molar refractivity (Wildman–Crippen MR) is 105 cm³/mol. The first-order valence-electron chi connectivity index (χ1n) is 8.93.